The van der Waals surface area contributed by atoms with Crippen LogP contribution in [0.2, 0.25) is 0 Å². The van der Waals surface area contributed by atoms with Crippen LogP contribution in [0.15, 0.2) is 6.07 Å². The van der Waals surface area contributed by atoms with Crippen molar-refractivity contribution >= 4 is 27.5 Å². The summed E-state index contributed by atoms with van der Waals surface area (Å²) >= 11 is 1.27. The Kier molecular flexibility index (Phi) is 3.95. The monoisotopic (exact) mass is 310 g/mol. The molecule has 0 atom stereocenters. The van der Waals surface area contributed by atoms with Crippen LogP contribution in [0.1, 0.15) is 4.88 Å². The number of nitrogen functional groups attached to an aromatic ring is 1. The van der Waals surface area contributed by atoms with Gasteiger partial charge in [-0.2, -0.15) is 13.8 Å². The Hall–Kier alpha value is -1.68. The number of ether oxygens (including phenoxy) is 1. The van der Waals surface area contributed by atoms with E-state index in [4.69, 9.17) is 10.6 Å². The van der Waals surface area contributed by atoms with Crippen molar-refractivity contribution < 1.29 is 22.3 Å². The van der Waals surface area contributed by atoms with Gasteiger partial charge in [0.2, 0.25) is 11.8 Å². The van der Waals surface area contributed by atoms with Gasteiger partial charge in [-0.3, -0.25) is 5.43 Å². The molecular formula is C10H10F4N4OS. The highest BCUT2D eigenvalue weighted by Gasteiger charge is 2.42. The molecule has 0 aliphatic rings. The fourth-order valence-electron chi connectivity index (χ4n) is 1.42. The van der Waals surface area contributed by atoms with Crippen molar-refractivity contribution in [3.8, 4) is 5.88 Å². The highest BCUT2D eigenvalue weighted by atomic mass is 32.1. The number of hydrazine groups is 1. The third-order valence-corrected chi connectivity index (χ3v) is 3.28. The van der Waals surface area contributed by atoms with Crippen molar-refractivity contribution in [2.75, 3.05) is 12.0 Å². The van der Waals surface area contributed by atoms with E-state index in [1.54, 1.807) is 13.0 Å². The standard InChI is InChI=1S/C10H10F4N4OS/c1-4-2-5-6(19-3-10(13,14)8(11)12)16-9(18-15)17-7(5)20-4/h2,8H,3,15H2,1H3,(H,16,17,18). The summed E-state index contributed by atoms with van der Waals surface area (Å²) in [5.74, 6) is 0.640. The number of halogens is 4. The van der Waals surface area contributed by atoms with Gasteiger partial charge in [0, 0.05) is 4.88 Å². The normalized spacial score (nSPS) is 12.2. The molecule has 10 heteroatoms. The zero-order chi connectivity index (χ0) is 14.9. The fourth-order valence-corrected chi connectivity index (χ4v) is 2.29. The molecule has 0 aromatic carbocycles. The number of hydrogen-bond donors (Lipinski definition) is 2. The zero-order valence-corrected chi connectivity index (χ0v) is 11.0. The van der Waals surface area contributed by atoms with E-state index in [2.05, 4.69) is 15.4 Å². The molecule has 20 heavy (non-hydrogen) atoms. The number of rotatable bonds is 5. The summed E-state index contributed by atoms with van der Waals surface area (Å²) in [6.07, 6.45) is -3.81. The first-order valence-corrected chi connectivity index (χ1v) is 6.18. The maximum Gasteiger partial charge on any atom is 0.340 e. The lowest BCUT2D eigenvalue weighted by Crippen LogP contribution is -2.34. The van der Waals surface area contributed by atoms with E-state index in [9.17, 15) is 17.6 Å². The number of nitrogens with two attached hydrogens (primary N) is 1. The lowest BCUT2D eigenvalue weighted by atomic mass is 10.3. The minimum atomic E-state index is -4.25. The number of nitrogens with zero attached hydrogens (tertiary/aromatic N) is 2. The highest BCUT2D eigenvalue weighted by molar-refractivity contribution is 7.18. The third-order valence-electron chi connectivity index (χ3n) is 2.33. The first-order chi connectivity index (χ1) is 9.33. The van der Waals surface area contributed by atoms with Crippen LogP contribution in [-0.2, 0) is 0 Å². The molecule has 110 valence electrons. The van der Waals surface area contributed by atoms with Gasteiger partial charge in [-0.15, -0.1) is 11.3 Å². The van der Waals surface area contributed by atoms with Crippen LogP contribution in [0.25, 0.3) is 10.2 Å². The summed E-state index contributed by atoms with van der Waals surface area (Å²) in [5.41, 5.74) is 2.16. The molecular weight excluding hydrogens is 300 g/mol. The number of anilines is 1. The number of thiophene rings is 1. The minimum absolute atomic E-state index is 0.0466. The van der Waals surface area contributed by atoms with Crippen LogP contribution in [0.3, 0.4) is 0 Å². The molecule has 0 bridgehead atoms. The molecule has 2 aromatic rings. The number of fused-ring (bicyclic) bond motifs is 1. The molecule has 0 fully saturated rings. The van der Waals surface area contributed by atoms with Crippen molar-refractivity contribution in [1.82, 2.24) is 9.97 Å². The van der Waals surface area contributed by atoms with Crippen LogP contribution in [0.5, 0.6) is 5.88 Å². The Morgan fingerprint density at radius 3 is 2.75 bits per heavy atom. The predicted molar refractivity (Wildman–Crippen MR) is 66.4 cm³/mol. The van der Waals surface area contributed by atoms with Gasteiger partial charge in [-0.1, -0.05) is 0 Å². The van der Waals surface area contributed by atoms with Gasteiger partial charge in [0.15, 0.2) is 6.61 Å². The van der Waals surface area contributed by atoms with E-state index >= 15 is 0 Å². The first kappa shape index (κ1) is 14.7. The summed E-state index contributed by atoms with van der Waals surface area (Å²) in [7, 11) is 0. The lowest BCUT2D eigenvalue weighted by Gasteiger charge is -2.16. The van der Waals surface area contributed by atoms with E-state index in [1.807, 2.05) is 0 Å². The van der Waals surface area contributed by atoms with Crippen LogP contribution in [0, 0.1) is 6.92 Å². The van der Waals surface area contributed by atoms with Gasteiger partial charge >= 0.3 is 12.3 Å². The SMILES string of the molecule is Cc1cc2c(OCC(F)(F)C(F)F)nc(NN)nc2s1. The Morgan fingerprint density at radius 2 is 2.15 bits per heavy atom. The molecule has 0 aliphatic heterocycles. The van der Waals surface area contributed by atoms with Gasteiger partial charge in [0.25, 0.3) is 0 Å². The summed E-state index contributed by atoms with van der Waals surface area (Å²) in [6.45, 7) is 0.301. The average molecular weight is 310 g/mol. The maximum atomic E-state index is 12.9. The quantitative estimate of drug-likeness (QED) is 0.504. The average Bonchev–Trinajstić information content (AvgIpc) is 2.75. The predicted octanol–water partition coefficient (Wildman–Crippen LogP) is 2.56. The van der Waals surface area contributed by atoms with E-state index in [0.29, 0.717) is 10.2 Å². The molecule has 2 rings (SSSR count). The molecule has 0 saturated heterocycles. The van der Waals surface area contributed by atoms with Gasteiger partial charge in [0.1, 0.15) is 4.83 Å². The molecule has 0 spiro atoms. The molecule has 3 N–H and O–H groups in total. The van der Waals surface area contributed by atoms with Crippen molar-refractivity contribution in [3.05, 3.63) is 10.9 Å². The number of alkyl halides is 4. The molecule has 0 saturated carbocycles. The summed E-state index contributed by atoms with van der Waals surface area (Å²) < 4.78 is 54.6. The van der Waals surface area contributed by atoms with E-state index in [-0.39, 0.29) is 11.8 Å². The second-order valence-electron chi connectivity index (χ2n) is 3.92. The topological polar surface area (TPSA) is 73.1 Å². The summed E-state index contributed by atoms with van der Waals surface area (Å²) in [5, 5.41) is 0.372. The Balaban J connectivity index is 2.33. The van der Waals surface area contributed by atoms with Crippen LogP contribution in [-0.4, -0.2) is 28.9 Å². The minimum Gasteiger partial charge on any atom is -0.470 e. The smallest absolute Gasteiger partial charge is 0.340 e. The molecule has 0 aliphatic carbocycles. The third kappa shape index (κ3) is 2.90. The van der Waals surface area contributed by atoms with E-state index < -0.39 is 19.0 Å². The lowest BCUT2D eigenvalue weighted by molar-refractivity contribution is -0.148. The highest BCUT2D eigenvalue weighted by Crippen LogP contribution is 2.32. The van der Waals surface area contributed by atoms with E-state index in [0.717, 1.165) is 4.88 Å². The van der Waals surface area contributed by atoms with Crippen molar-refractivity contribution in [2.45, 2.75) is 19.3 Å². The Labute approximate surface area is 114 Å². The molecule has 2 aromatic heterocycles. The fraction of sp³-hybridized carbons (Fsp3) is 0.400. The van der Waals surface area contributed by atoms with Gasteiger partial charge in [-0.25, -0.2) is 19.6 Å². The second-order valence-corrected chi connectivity index (χ2v) is 5.16. The maximum absolute atomic E-state index is 12.9. The van der Waals surface area contributed by atoms with Gasteiger partial charge in [0.05, 0.1) is 5.39 Å². The number of aromatic nitrogens is 2. The summed E-state index contributed by atoms with van der Waals surface area (Å²) in [4.78, 5) is 9.07. The second kappa shape index (κ2) is 5.37. The molecule has 5 nitrogen and oxygen atoms in total. The zero-order valence-electron chi connectivity index (χ0n) is 10.2. The van der Waals surface area contributed by atoms with Crippen molar-refractivity contribution in [2.24, 2.45) is 5.84 Å². The van der Waals surface area contributed by atoms with Crippen molar-refractivity contribution in [3.63, 3.8) is 0 Å². The van der Waals surface area contributed by atoms with Crippen LogP contribution < -0.4 is 16.0 Å². The molecule has 0 radical (unpaired) electrons. The Bertz CT molecular complexity index is 619. The first-order valence-electron chi connectivity index (χ1n) is 5.37. The summed E-state index contributed by atoms with van der Waals surface area (Å²) in [6, 6.07) is 1.62. The van der Waals surface area contributed by atoms with Crippen LogP contribution >= 0.6 is 11.3 Å². The largest absolute Gasteiger partial charge is 0.470 e. The van der Waals surface area contributed by atoms with Crippen molar-refractivity contribution in [1.29, 1.82) is 0 Å². The van der Waals surface area contributed by atoms with Gasteiger partial charge < -0.3 is 4.74 Å². The molecule has 0 amide bonds. The van der Waals surface area contributed by atoms with Gasteiger partial charge in [-0.05, 0) is 13.0 Å². The Morgan fingerprint density at radius 1 is 1.45 bits per heavy atom. The molecule has 2 heterocycles. The molecule has 0 unspecified atom stereocenters. The number of nitrogens with one attached hydrogen (secondary N) is 1. The van der Waals surface area contributed by atoms with E-state index in [1.165, 1.54) is 11.3 Å². The number of aryl methyl sites for hydroxylation is 1. The number of hydrogen-bond acceptors (Lipinski definition) is 6. The van der Waals surface area contributed by atoms with Crippen LogP contribution in [0.4, 0.5) is 23.5 Å².